The maximum absolute atomic E-state index is 11.7. The summed E-state index contributed by atoms with van der Waals surface area (Å²) in [5, 5.41) is 6.37. The zero-order valence-electron chi connectivity index (χ0n) is 15.2. The average molecular weight is 376 g/mol. The average Bonchev–Trinajstić information content (AvgIpc) is 2.94. The fourth-order valence-corrected chi connectivity index (χ4v) is 3.56. The number of rotatable bonds is 9. The number of hydrogen-bond acceptors (Lipinski definition) is 5. The van der Waals surface area contributed by atoms with Crippen LogP contribution in [0, 0.1) is 6.92 Å². The number of thiazole rings is 1. The van der Waals surface area contributed by atoms with Gasteiger partial charge in [-0.2, -0.15) is 0 Å². The van der Waals surface area contributed by atoms with Crippen LogP contribution >= 0.6 is 11.3 Å². The molecular weight excluding hydrogens is 346 g/mol. The molecule has 24 heavy (non-hydrogen) atoms. The van der Waals surface area contributed by atoms with Crippen LogP contribution in [0.4, 0.5) is 0 Å². The molecule has 0 atom stereocenters. The fraction of sp³-hybridized carbons (Fsp3) is 0.733. The number of aliphatic imine (C=N–C) groups is 1. The first-order chi connectivity index (χ1) is 11.3. The van der Waals surface area contributed by atoms with E-state index in [9.17, 15) is 8.42 Å². The van der Waals surface area contributed by atoms with Crippen molar-refractivity contribution in [2.45, 2.75) is 33.7 Å². The molecule has 0 radical (unpaired) electrons. The van der Waals surface area contributed by atoms with Gasteiger partial charge in [-0.05, 0) is 27.2 Å². The van der Waals surface area contributed by atoms with Crippen molar-refractivity contribution in [2.75, 3.05) is 39.5 Å². The van der Waals surface area contributed by atoms with E-state index in [1.54, 1.807) is 25.3 Å². The number of nitrogens with one attached hydrogen (secondary N) is 1. The van der Waals surface area contributed by atoms with Gasteiger partial charge in [-0.1, -0.05) is 0 Å². The van der Waals surface area contributed by atoms with Crippen LogP contribution in [0.2, 0.25) is 0 Å². The van der Waals surface area contributed by atoms with Crippen molar-refractivity contribution in [3.8, 4) is 0 Å². The molecule has 9 heteroatoms. The van der Waals surface area contributed by atoms with E-state index < -0.39 is 10.0 Å². The van der Waals surface area contributed by atoms with Gasteiger partial charge in [-0.15, -0.1) is 11.3 Å². The van der Waals surface area contributed by atoms with E-state index in [1.165, 1.54) is 4.31 Å². The van der Waals surface area contributed by atoms with Gasteiger partial charge in [0.2, 0.25) is 10.0 Å². The summed E-state index contributed by atoms with van der Waals surface area (Å²) in [5.41, 5.74) is 1.03. The van der Waals surface area contributed by atoms with Crippen LogP contribution < -0.4 is 5.32 Å². The molecule has 0 fully saturated rings. The topological polar surface area (TPSA) is 77.9 Å². The van der Waals surface area contributed by atoms with Gasteiger partial charge in [0, 0.05) is 39.1 Å². The number of nitrogens with zero attached hydrogens (tertiary/aromatic N) is 4. The number of aryl methyl sites for hydroxylation is 1. The second kappa shape index (κ2) is 9.95. The lowest BCUT2D eigenvalue weighted by atomic mass is 10.4. The van der Waals surface area contributed by atoms with Gasteiger partial charge >= 0.3 is 0 Å². The predicted molar refractivity (Wildman–Crippen MR) is 101 cm³/mol. The van der Waals surface area contributed by atoms with Crippen molar-refractivity contribution in [2.24, 2.45) is 4.99 Å². The van der Waals surface area contributed by atoms with E-state index in [-0.39, 0.29) is 5.75 Å². The zero-order valence-corrected chi connectivity index (χ0v) is 16.9. The molecule has 0 saturated carbocycles. The molecule has 1 rings (SSSR count). The summed E-state index contributed by atoms with van der Waals surface area (Å²) in [5.74, 6) is 0.940. The third-order valence-corrected chi connectivity index (χ3v) is 6.18. The lowest BCUT2D eigenvalue weighted by Crippen LogP contribution is -2.38. The molecule has 1 aromatic rings. The molecule has 1 aromatic heterocycles. The zero-order chi connectivity index (χ0) is 18.2. The molecule has 0 spiro atoms. The van der Waals surface area contributed by atoms with E-state index in [1.807, 2.05) is 25.8 Å². The standard InChI is InChI=1S/C15H29N5O2S2/c1-6-16-15(19(4)11-14-12-23-13(3)18-14)17-9-8-10-20(5)24(21,22)7-2/h12H,6-11H2,1-5H3,(H,16,17). The van der Waals surface area contributed by atoms with Crippen molar-refractivity contribution >= 4 is 27.3 Å². The van der Waals surface area contributed by atoms with E-state index in [4.69, 9.17) is 0 Å². The maximum Gasteiger partial charge on any atom is 0.213 e. The van der Waals surface area contributed by atoms with Crippen LogP contribution in [0.1, 0.15) is 31.0 Å². The summed E-state index contributed by atoms with van der Waals surface area (Å²) in [6, 6.07) is 0. The summed E-state index contributed by atoms with van der Waals surface area (Å²) < 4.78 is 24.8. The van der Waals surface area contributed by atoms with Crippen molar-refractivity contribution in [1.82, 2.24) is 19.5 Å². The Morgan fingerprint density at radius 2 is 2.08 bits per heavy atom. The highest BCUT2D eigenvalue weighted by atomic mass is 32.2. The Morgan fingerprint density at radius 1 is 1.38 bits per heavy atom. The first-order valence-corrected chi connectivity index (χ1v) is 10.6. The molecule has 0 unspecified atom stereocenters. The molecule has 1 heterocycles. The van der Waals surface area contributed by atoms with Gasteiger partial charge < -0.3 is 10.2 Å². The highest BCUT2D eigenvalue weighted by Gasteiger charge is 2.14. The van der Waals surface area contributed by atoms with E-state index >= 15 is 0 Å². The van der Waals surface area contributed by atoms with Gasteiger partial charge in [0.1, 0.15) is 0 Å². The molecule has 0 aromatic carbocycles. The van der Waals surface area contributed by atoms with Crippen LogP contribution in [-0.2, 0) is 16.6 Å². The molecular formula is C15H29N5O2S2. The Balaban J connectivity index is 2.55. The van der Waals surface area contributed by atoms with Crippen molar-refractivity contribution in [3.63, 3.8) is 0 Å². The second-order valence-corrected chi connectivity index (χ2v) is 8.95. The summed E-state index contributed by atoms with van der Waals surface area (Å²) in [6.07, 6.45) is 0.689. The third-order valence-electron chi connectivity index (χ3n) is 3.49. The Bertz CT molecular complexity index is 628. The molecule has 1 N–H and O–H groups in total. The fourth-order valence-electron chi connectivity index (χ4n) is 2.11. The molecule has 0 aliphatic rings. The number of aromatic nitrogens is 1. The minimum atomic E-state index is -3.11. The molecule has 138 valence electrons. The summed E-state index contributed by atoms with van der Waals surface area (Å²) in [7, 11) is 0.479. The second-order valence-electron chi connectivity index (χ2n) is 5.53. The Kier molecular flexibility index (Phi) is 8.65. The van der Waals surface area contributed by atoms with Gasteiger partial charge in [-0.3, -0.25) is 4.99 Å². The minimum absolute atomic E-state index is 0.130. The lowest BCUT2D eigenvalue weighted by Gasteiger charge is -2.21. The highest BCUT2D eigenvalue weighted by Crippen LogP contribution is 2.09. The first-order valence-electron chi connectivity index (χ1n) is 8.14. The number of hydrogen-bond donors (Lipinski definition) is 1. The maximum atomic E-state index is 11.7. The predicted octanol–water partition coefficient (Wildman–Crippen LogP) is 1.52. The van der Waals surface area contributed by atoms with E-state index in [0.29, 0.717) is 26.1 Å². The molecule has 0 aliphatic heterocycles. The first kappa shape index (κ1) is 20.9. The Labute approximate surface area is 149 Å². The monoisotopic (exact) mass is 375 g/mol. The van der Waals surface area contributed by atoms with Crippen LogP contribution in [-0.4, -0.2) is 68.0 Å². The third kappa shape index (κ3) is 6.74. The molecule has 7 nitrogen and oxygen atoms in total. The van der Waals surface area contributed by atoms with Crippen LogP contribution in [0.25, 0.3) is 0 Å². The van der Waals surface area contributed by atoms with E-state index in [0.717, 1.165) is 23.2 Å². The summed E-state index contributed by atoms with van der Waals surface area (Å²) in [6.45, 7) is 8.21. The Hall–Kier alpha value is -1.19. The Morgan fingerprint density at radius 3 is 2.62 bits per heavy atom. The van der Waals surface area contributed by atoms with Crippen molar-refractivity contribution < 1.29 is 8.42 Å². The SMILES string of the molecule is CCNC(=NCCCN(C)S(=O)(=O)CC)N(C)Cc1csc(C)n1. The van der Waals surface area contributed by atoms with Crippen LogP contribution in [0.5, 0.6) is 0 Å². The van der Waals surface area contributed by atoms with Gasteiger partial charge in [0.15, 0.2) is 5.96 Å². The number of guanidine groups is 1. The van der Waals surface area contributed by atoms with Crippen molar-refractivity contribution in [3.05, 3.63) is 16.1 Å². The van der Waals surface area contributed by atoms with E-state index in [2.05, 4.69) is 20.7 Å². The molecule has 0 amide bonds. The van der Waals surface area contributed by atoms with Crippen LogP contribution in [0.15, 0.2) is 10.4 Å². The van der Waals surface area contributed by atoms with Gasteiger partial charge in [0.25, 0.3) is 0 Å². The molecule has 0 aliphatic carbocycles. The number of sulfonamides is 1. The minimum Gasteiger partial charge on any atom is -0.357 e. The van der Waals surface area contributed by atoms with Crippen molar-refractivity contribution in [1.29, 1.82) is 0 Å². The van der Waals surface area contributed by atoms with Gasteiger partial charge in [-0.25, -0.2) is 17.7 Å². The summed E-state index contributed by atoms with van der Waals surface area (Å²) in [4.78, 5) is 11.1. The molecule has 0 bridgehead atoms. The highest BCUT2D eigenvalue weighted by molar-refractivity contribution is 7.89. The van der Waals surface area contributed by atoms with Crippen LogP contribution in [0.3, 0.4) is 0 Å². The summed E-state index contributed by atoms with van der Waals surface area (Å²) >= 11 is 1.64. The normalized spacial score (nSPS) is 12.7. The smallest absolute Gasteiger partial charge is 0.213 e. The molecule has 0 saturated heterocycles. The lowest BCUT2D eigenvalue weighted by molar-refractivity contribution is 0.457. The largest absolute Gasteiger partial charge is 0.357 e. The van der Waals surface area contributed by atoms with Gasteiger partial charge in [0.05, 0.1) is 23.0 Å². The quantitative estimate of drug-likeness (QED) is 0.402.